The predicted octanol–water partition coefficient (Wildman–Crippen LogP) is 2.17. The first-order chi connectivity index (χ1) is 8.25. The number of carboxylic acids is 1. The largest absolute Gasteiger partial charge is 0.479 e. The van der Waals surface area contributed by atoms with Crippen LogP contribution in [0.2, 0.25) is 0 Å². The minimum absolute atomic E-state index is 0.0611. The zero-order chi connectivity index (χ0) is 15.5. The highest BCUT2D eigenvalue weighted by Crippen LogP contribution is 2.14. The monoisotopic (exact) mass is 275 g/mol. The molecule has 0 aromatic rings. The van der Waals surface area contributed by atoms with Gasteiger partial charge in [-0.25, -0.2) is 9.59 Å². The number of alkyl carbamates (subject to hydrolysis) is 1. The minimum Gasteiger partial charge on any atom is -0.479 e. The molecule has 0 unspecified atom stereocenters. The van der Waals surface area contributed by atoms with Gasteiger partial charge in [-0.05, 0) is 48.5 Å². The van der Waals surface area contributed by atoms with E-state index >= 15 is 0 Å². The number of nitrogens with one attached hydrogen (secondary N) is 1. The van der Waals surface area contributed by atoms with Gasteiger partial charge >= 0.3 is 12.1 Å². The predicted molar refractivity (Wildman–Crippen MR) is 71.1 cm³/mol. The molecule has 0 aliphatic rings. The Bertz CT molecular complexity index is 341. The summed E-state index contributed by atoms with van der Waals surface area (Å²) in [5.41, 5.74) is -2.61. The summed E-state index contributed by atoms with van der Waals surface area (Å²) < 4.78 is 10.4. The van der Waals surface area contributed by atoms with E-state index in [0.717, 1.165) is 0 Å². The molecular formula is C13H25NO5. The van der Waals surface area contributed by atoms with Gasteiger partial charge in [-0.15, -0.1) is 0 Å². The second kappa shape index (κ2) is 5.77. The number of rotatable bonds is 5. The van der Waals surface area contributed by atoms with E-state index in [-0.39, 0.29) is 6.61 Å². The molecule has 0 aromatic carbocycles. The van der Waals surface area contributed by atoms with Crippen molar-refractivity contribution >= 4 is 12.1 Å². The molecule has 0 spiro atoms. The molecule has 6 heteroatoms. The van der Waals surface area contributed by atoms with Crippen LogP contribution in [0.15, 0.2) is 0 Å². The first-order valence-electron chi connectivity index (χ1n) is 6.14. The third-order valence-corrected chi connectivity index (χ3v) is 2.15. The fraction of sp³-hybridized carbons (Fsp3) is 0.846. The van der Waals surface area contributed by atoms with Crippen LogP contribution in [0.3, 0.4) is 0 Å². The van der Waals surface area contributed by atoms with Gasteiger partial charge in [0.25, 0.3) is 0 Å². The van der Waals surface area contributed by atoms with Crippen molar-refractivity contribution in [3.63, 3.8) is 0 Å². The number of carbonyl (C=O) groups is 2. The molecule has 0 aromatic heterocycles. The smallest absolute Gasteiger partial charge is 0.408 e. The Morgan fingerprint density at radius 3 is 1.89 bits per heavy atom. The standard InChI is InChI=1S/C13H25NO5/c1-11(2,3)19-10(17)14-12(4,5)8-18-13(6,7)9(15)16/h8H2,1-7H3,(H,14,17)(H,15,16). The van der Waals surface area contributed by atoms with Crippen molar-refractivity contribution < 1.29 is 24.2 Å². The van der Waals surface area contributed by atoms with Gasteiger partial charge < -0.3 is 19.9 Å². The van der Waals surface area contributed by atoms with Gasteiger partial charge in [-0.2, -0.15) is 0 Å². The lowest BCUT2D eigenvalue weighted by molar-refractivity contribution is -0.163. The van der Waals surface area contributed by atoms with Crippen LogP contribution in [0, 0.1) is 0 Å². The first-order valence-corrected chi connectivity index (χ1v) is 6.14. The molecule has 0 atom stereocenters. The van der Waals surface area contributed by atoms with E-state index in [1.54, 1.807) is 34.6 Å². The lowest BCUT2D eigenvalue weighted by atomic mass is 10.1. The van der Waals surface area contributed by atoms with Crippen LogP contribution in [-0.4, -0.2) is 40.5 Å². The number of hydrogen-bond acceptors (Lipinski definition) is 4. The van der Waals surface area contributed by atoms with Gasteiger partial charge in [0.1, 0.15) is 5.60 Å². The van der Waals surface area contributed by atoms with E-state index in [9.17, 15) is 9.59 Å². The van der Waals surface area contributed by atoms with Gasteiger partial charge in [0.05, 0.1) is 12.1 Å². The summed E-state index contributed by atoms with van der Waals surface area (Å²) in [4.78, 5) is 22.5. The van der Waals surface area contributed by atoms with Gasteiger partial charge in [0.15, 0.2) is 5.60 Å². The zero-order valence-corrected chi connectivity index (χ0v) is 12.8. The van der Waals surface area contributed by atoms with Crippen LogP contribution in [-0.2, 0) is 14.3 Å². The van der Waals surface area contributed by atoms with Gasteiger partial charge in [0.2, 0.25) is 0 Å². The third-order valence-electron chi connectivity index (χ3n) is 2.15. The maximum absolute atomic E-state index is 11.6. The second-order valence-electron chi connectivity index (χ2n) is 6.61. The number of hydrogen-bond donors (Lipinski definition) is 2. The van der Waals surface area contributed by atoms with Crippen LogP contribution >= 0.6 is 0 Å². The van der Waals surface area contributed by atoms with Crippen molar-refractivity contribution in [3.8, 4) is 0 Å². The fourth-order valence-electron chi connectivity index (χ4n) is 1.04. The van der Waals surface area contributed by atoms with Crippen LogP contribution < -0.4 is 5.32 Å². The minimum atomic E-state index is -1.30. The topological polar surface area (TPSA) is 84.9 Å². The summed E-state index contributed by atoms with van der Waals surface area (Å²) in [5, 5.41) is 11.6. The summed E-state index contributed by atoms with van der Waals surface area (Å²) in [6, 6.07) is 0. The summed E-state index contributed by atoms with van der Waals surface area (Å²) >= 11 is 0. The van der Waals surface area contributed by atoms with E-state index in [4.69, 9.17) is 14.6 Å². The molecule has 0 radical (unpaired) electrons. The van der Waals surface area contributed by atoms with E-state index in [0.29, 0.717) is 0 Å². The molecule has 2 N–H and O–H groups in total. The van der Waals surface area contributed by atoms with Crippen molar-refractivity contribution in [2.75, 3.05) is 6.61 Å². The maximum Gasteiger partial charge on any atom is 0.408 e. The van der Waals surface area contributed by atoms with Crippen molar-refractivity contribution in [2.24, 2.45) is 0 Å². The normalized spacial score (nSPS) is 13.0. The highest BCUT2D eigenvalue weighted by molar-refractivity contribution is 5.76. The molecule has 112 valence electrons. The molecule has 0 rings (SSSR count). The lowest BCUT2D eigenvalue weighted by Crippen LogP contribution is -2.51. The lowest BCUT2D eigenvalue weighted by Gasteiger charge is -2.31. The summed E-state index contributed by atoms with van der Waals surface area (Å²) in [6.45, 7) is 11.7. The van der Waals surface area contributed by atoms with Crippen molar-refractivity contribution in [1.82, 2.24) is 5.32 Å². The van der Waals surface area contributed by atoms with Gasteiger partial charge in [0, 0.05) is 0 Å². The number of amides is 1. The number of carbonyl (C=O) groups excluding carboxylic acids is 1. The number of carboxylic acid groups (broad SMARTS) is 1. The average Bonchev–Trinajstić information content (AvgIpc) is 2.10. The second-order valence-corrected chi connectivity index (χ2v) is 6.61. The molecule has 0 aliphatic heterocycles. The average molecular weight is 275 g/mol. The van der Waals surface area contributed by atoms with Gasteiger partial charge in [-0.3, -0.25) is 0 Å². The Morgan fingerprint density at radius 1 is 1.05 bits per heavy atom. The Kier molecular flexibility index (Phi) is 5.38. The molecule has 0 aliphatic carbocycles. The van der Waals surface area contributed by atoms with Gasteiger partial charge in [-0.1, -0.05) is 0 Å². The van der Waals surface area contributed by atoms with E-state index in [1.807, 2.05) is 0 Å². The Labute approximate surface area is 114 Å². The van der Waals surface area contributed by atoms with Crippen LogP contribution in [0.5, 0.6) is 0 Å². The Balaban J connectivity index is 4.41. The molecule has 19 heavy (non-hydrogen) atoms. The molecule has 0 saturated carbocycles. The Hall–Kier alpha value is -1.30. The molecule has 0 bridgehead atoms. The van der Waals surface area contributed by atoms with E-state index in [2.05, 4.69) is 5.32 Å². The summed E-state index contributed by atoms with van der Waals surface area (Å²) in [6.07, 6.45) is -0.561. The van der Waals surface area contributed by atoms with Crippen LogP contribution in [0.4, 0.5) is 4.79 Å². The number of ether oxygens (including phenoxy) is 2. The van der Waals surface area contributed by atoms with Crippen molar-refractivity contribution in [1.29, 1.82) is 0 Å². The molecule has 0 fully saturated rings. The highest BCUT2D eigenvalue weighted by Gasteiger charge is 2.32. The third kappa shape index (κ3) is 7.66. The molecule has 1 amide bonds. The summed E-state index contributed by atoms with van der Waals surface area (Å²) in [7, 11) is 0. The van der Waals surface area contributed by atoms with Crippen LogP contribution in [0.25, 0.3) is 0 Å². The van der Waals surface area contributed by atoms with Crippen molar-refractivity contribution in [2.45, 2.75) is 65.2 Å². The number of aliphatic carboxylic acids is 1. The highest BCUT2D eigenvalue weighted by atomic mass is 16.6. The quantitative estimate of drug-likeness (QED) is 0.803. The van der Waals surface area contributed by atoms with Crippen LogP contribution in [0.1, 0.15) is 48.5 Å². The molecule has 0 saturated heterocycles. The fourth-order valence-corrected chi connectivity index (χ4v) is 1.04. The Morgan fingerprint density at radius 2 is 1.53 bits per heavy atom. The summed E-state index contributed by atoms with van der Waals surface area (Å²) in [5.74, 6) is -1.06. The van der Waals surface area contributed by atoms with Crippen molar-refractivity contribution in [3.05, 3.63) is 0 Å². The molecule has 0 heterocycles. The van der Waals surface area contributed by atoms with E-state index < -0.39 is 28.8 Å². The SMILES string of the molecule is CC(C)(COC(C)(C)C(=O)O)NC(=O)OC(C)(C)C. The molecule has 6 nitrogen and oxygen atoms in total. The first kappa shape index (κ1) is 17.7. The maximum atomic E-state index is 11.6. The zero-order valence-electron chi connectivity index (χ0n) is 12.8. The molecular weight excluding hydrogens is 250 g/mol. The van der Waals surface area contributed by atoms with E-state index in [1.165, 1.54) is 13.8 Å².